The summed E-state index contributed by atoms with van der Waals surface area (Å²) >= 11 is 0. The Morgan fingerprint density at radius 1 is 1.17 bits per heavy atom. The van der Waals surface area contributed by atoms with E-state index in [2.05, 4.69) is 34.0 Å². The largest absolute Gasteiger partial charge is 0.312 e. The van der Waals surface area contributed by atoms with Crippen LogP contribution in [0.25, 0.3) is 0 Å². The van der Waals surface area contributed by atoms with E-state index < -0.39 is 0 Å². The van der Waals surface area contributed by atoms with Crippen LogP contribution in [0.3, 0.4) is 0 Å². The number of aryl methyl sites for hydroxylation is 1. The van der Waals surface area contributed by atoms with Crippen molar-refractivity contribution in [2.45, 2.75) is 52.2 Å². The first-order valence-corrected chi connectivity index (χ1v) is 6.89. The van der Waals surface area contributed by atoms with Crippen molar-refractivity contribution >= 4 is 0 Å². The molecular weight excluding hydrogens is 224 g/mol. The van der Waals surface area contributed by atoms with E-state index >= 15 is 0 Å². The fourth-order valence-electron chi connectivity index (χ4n) is 2.40. The number of hydrogen-bond acceptors (Lipinski definition) is 4. The van der Waals surface area contributed by atoms with Gasteiger partial charge < -0.3 is 5.32 Å². The van der Waals surface area contributed by atoms with Gasteiger partial charge in [-0.15, -0.1) is 0 Å². The number of nitrogens with one attached hydrogen (secondary N) is 1. The van der Waals surface area contributed by atoms with E-state index in [9.17, 15) is 0 Å². The molecule has 1 aromatic rings. The predicted octanol–water partition coefficient (Wildman–Crippen LogP) is 1.75. The first kappa shape index (κ1) is 13.4. The summed E-state index contributed by atoms with van der Waals surface area (Å²) in [5.41, 5.74) is 2.06. The van der Waals surface area contributed by atoms with Gasteiger partial charge in [-0.3, -0.25) is 14.9 Å². The lowest BCUT2D eigenvalue weighted by Gasteiger charge is -2.30. The van der Waals surface area contributed by atoms with E-state index in [0.717, 1.165) is 31.0 Å². The SMILES string of the molecule is Cc1cnc(CN2CCC(C)NC(C)CC2)cn1. The summed E-state index contributed by atoms with van der Waals surface area (Å²) in [5.74, 6) is 0. The molecule has 18 heavy (non-hydrogen) atoms. The smallest absolute Gasteiger partial charge is 0.0727 e. The zero-order valence-electron chi connectivity index (χ0n) is 11.7. The average Bonchev–Trinajstić information content (AvgIpc) is 2.33. The average molecular weight is 248 g/mol. The van der Waals surface area contributed by atoms with Crippen LogP contribution in [0.15, 0.2) is 12.4 Å². The highest BCUT2D eigenvalue weighted by molar-refractivity contribution is 5.00. The van der Waals surface area contributed by atoms with Gasteiger partial charge in [0.15, 0.2) is 0 Å². The number of aromatic nitrogens is 2. The molecule has 0 radical (unpaired) electrons. The van der Waals surface area contributed by atoms with Crippen LogP contribution in [-0.2, 0) is 6.54 Å². The van der Waals surface area contributed by atoms with Crippen LogP contribution in [0.2, 0.25) is 0 Å². The van der Waals surface area contributed by atoms with Crippen molar-refractivity contribution in [1.29, 1.82) is 0 Å². The number of rotatable bonds is 2. The Morgan fingerprint density at radius 2 is 1.83 bits per heavy atom. The summed E-state index contributed by atoms with van der Waals surface area (Å²) in [4.78, 5) is 11.3. The third kappa shape index (κ3) is 4.03. The van der Waals surface area contributed by atoms with Gasteiger partial charge >= 0.3 is 0 Å². The van der Waals surface area contributed by atoms with Gasteiger partial charge in [-0.25, -0.2) is 0 Å². The maximum atomic E-state index is 4.44. The molecule has 2 rings (SSSR count). The fourth-order valence-corrected chi connectivity index (χ4v) is 2.40. The highest BCUT2D eigenvalue weighted by atomic mass is 15.1. The molecule has 2 heterocycles. The lowest BCUT2D eigenvalue weighted by Crippen LogP contribution is -2.42. The van der Waals surface area contributed by atoms with E-state index in [1.54, 1.807) is 0 Å². The highest BCUT2D eigenvalue weighted by Gasteiger charge is 2.16. The molecule has 0 amide bonds. The molecule has 1 N–H and O–H groups in total. The lowest BCUT2D eigenvalue weighted by atomic mass is 10.1. The molecule has 1 fully saturated rings. The second kappa shape index (κ2) is 6.25. The zero-order valence-corrected chi connectivity index (χ0v) is 11.7. The molecule has 100 valence electrons. The topological polar surface area (TPSA) is 41.1 Å². The Balaban J connectivity index is 1.93. The van der Waals surface area contributed by atoms with Crippen molar-refractivity contribution in [1.82, 2.24) is 20.2 Å². The van der Waals surface area contributed by atoms with Crippen molar-refractivity contribution in [2.75, 3.05) is 13.1 Å². The summed E-state index contributed by atoms with van der Waals surface area (Å²) in [6.07, 6.45) is 6.15. The Morgan fingerprint density at radius 3 is 2.39 bits per heavy atom. The van der Waals surface area contributed by atoms with Crippen molar-refractivity contribution < 1.29 is 0 Å². The third-order valence-corrected chi connectivity index (χ3v) is 3.55. The van der Waals surface area contributed by atoms with Crippen LogP contribution < -0.4 is 5.32 Å². The molecule has 0 saturated carbocycles. The highest BCUT2D eigenvalue weighted by Crippen LogP contribution is 2.09. The van der Waals surface area contributed by atoms with Crippen molar-refractivity contribution in [3.05, 3.63) is 23.8 Å². The van der Waals surface area contributed by atoms with E-state index in [0.29, 0.717) is 12.1 Å². The second-order valence-electron chi connectivity index (χ2n) is 5.47. The molecule has 0 aliphatic carbocycles. The molecule has 2 atom stereocenters. The van der Waals surface area contributed by atoms with Gasteiger partial charge in [0.05, 0.1) is 11.4 Å². The van der Waals surface area contributed by atoms with Gasteiger partial charge in [-0.05, 0) is 33.6 Å². The minimum Gasteiger partial charge on any atom is -0.312 e. The fraction of sp³-hybridized carbons (Fsp3) is 0.714. The maximum absolute atomic E-state index is 4.44. The Hall–Kier alpha value is -1.00. The molecule has 1 aliphatic rings. The Bertz CT molecular complexity index is 351. The number of hydrogen-bond donors (Lipinski definition) is 1. The monoisotopic (exact) mass is 248 g/mol. The van der Waals surface area contributed by atoms with Crippen LogP contribution >= 0.6 is 0 Å². The Labute approximate surface area is 110 Å². The molecular formula is C14H24N4. The van der Waals surface area contributed by atoms with Crippen LogP contribution in [0.4, 0.5) is 0 Å². The third-order valence-electron chi connectivity index (χ3n) is 3.55. The molecule has 1 aliphatic heterocycles. The van der Waals surface area contributed by atoms with Gasteiger partial charge in [-0.2, -0.15) is 0 Å². The molecule has 4 heteroatoms. The van der Waals surface area contributed by atoms with Gasteiger partial charge in [-0.1, -0.05) is 0 Å². The van der Waals surface area contributed by atoms with Crippen molar-refractivity contribution in [2.24, 2.45) is 0 Å². The summed E-state index contributed by atoms with van der Waals surface area (Å²) < 4.78 is 0. The van der Waals surface area contributed by atoms with Crippen LogP contribution in [0, 0.1) is 6.92 Å². The number of nitrogens with zero attached hydrogens (tertiary/aromatic N) is 3. The van der Waals surface area contributed by atoms with Crippen LogP contribution in [0.1, 0.15) is 38.1 Å². The Kier molecular flexibility index (Phi) is 4.66. The molecule has 0 bridgehead atoms. The minimum absolute atomic E-state index is 0.604. The first-order chi connectivity index (χ1) is 8.63. The van der Waals surface area contributed by atoms with Crippen molar-refractivity contribution in [3.8, 4) is 0 Å². The van der Waals surface area contributed by atoms with E-state index in [4.69, 9.17) is 0 Å². The maximum Gasteiger partial charge on any atom is 0.0727 e. The van der Waals surface area contributed by atoms with Gasteiger partial charge in [0.25, 0.3) is 0 Å². The van der Waals surface area contributed by atoms with Crippen LogP contribution in [0.5, 0.6) is 0 Å². The summed E-state index contributed by atoms with van der Waals surface area (Å²) in [7, 11) is 0. The molecule has 2 unspecified atom stereocenters. The van der Waals surface area contributed by atoms with E-state index in [1.165, 1.54) is 12.8 Å². The quantitative estimate of drug-likeness (QED) is 0.865. The summed E-state index contributed by atoms with van der Waals surface area (Å²) in [6, 6.07) is 1.21. The standard InChI is InChI=1S/C14H24N4/c1-11-4-6-18(7-5-12(2)17-11)10-14-9-15-13(3)8-16-14/h8-9,11-12,17H,4-7,10H2,1-3H3. The van der Waals surface area contributed by atoms with E-state index in [1.807, 2.05) is 19.3 Å². The summed E-state index contributed by atoms with van der Waals surface area (Å²) in [6.45, 7) is 9.71. The molecule has 4 nitrogen and oxygen atoms in total. The molecule has 1 saturated heterocycles. The minimum atomic E-state index is 0.604. The van der Waals surface area contributed by atoms with Gasteiger partial charge in [0, 0.05) is 44.1 Å². The predicted molar refractivity (Wildman–Crippen MR) is 73.3 cm³/mol. The second-order valence-corrected chi connectivity index (χ2v) is 5.47. The van der Waals surface area contributed by atoms with Gasteiger partial charge in [0.1, 0.15) is 0 Å². The van der Waals surface area contributed by atoms with Crippen LogP contribution in [-0.4, -0.2) is 40.0 Å². The zero-order chi connectivity index (χ0) is 13.0. The van der Waals surface area contributed by atoms with Gasteiger partial charge in [0.2, 0.25) is 0 Å². The molecule has 0 aromatic carbocycles. The van der Waals surface area contributed by atoms with E-state index in [-0.39, 0.29) is 0 Å². The summed E-state index contributed by atoms with van der Waals surface area (Å²) in [5, 5.41) is 3.62. The van der Waals surface area contributed by atoms with Crippen molar-refractivity contribution in [3.63, 3.8) is 0 Å². The normalized spacial score (nSPS) is 26.6. The lowest BCUT2D eigenvalue weighted by molar-refractivity contribution is 0.210. The first-order valence-electron chi connectivity index (χ1n) is 6.89. The molecule has 1 aromatic heterocycles. The molecule has 0 spiro atoms.